The molecule has 3 rings (SSSR count). The van der Waals surface area contributed by atoms with E-state index < -0.39 is 28.5 Å². The molecule has 0 radical (unpaired) electrons. The number of carbonyl (C=O) groups excluding carboxylic acids is 2. The van der Waals surface area contributed by atoms with E-state index in [1.807, 2.05) is 58.0 Å². The number of hydrogen-bond acceptors (Lipinski definition) is 5. The Hall–Kier alpha value is -3.37. The molecule has 1 N–H and O–H groups in total. The van der Waals surface area contributed by atoms with Crippen LogP contribution in [0.5, 0.6) is 5.75 Å². The maximum Gasteiger partial charge on any atom is 0.264 e. The second kappa shape index (κ2) is 14.0. The smallest absolute Gasteiger partial charge is 0.264 e. The Labute approximate surface area is 251 Å². The van der Waals surface area contributed by atoms with Crippen LogP contribution >= 0.6 is 15.9 Å². The summed E-state index contributed by atoms with van der Waals surface area (Å²) in [7, 11) is -2.75. The first-order chi connectivity index (χ1) is 19.3. The number of nitrogens with one attached hydrogen (secondary N) is 1. The van der Waals surface area contributed by atoms with Gasteiger partial charge in [0.2, 0.25) is 11.8 Å². The van der Waals surface area contributed by atoms with Gasteiger partial charge in [-0.3, -0.25) is 13.9 Å². The zero-order valence-electron chi connectivity index (χ0n) is 24.3. The van der Waals surface area contributed by atoms with E-state index in [0.29, 0.717) is 12.3 Å². The van der Waals surface area contributed by atoms with Gasteiger partial charge in [0, 0.05) is 17.6 Å². The summed E-state index contributed by atoms with van der Waals surface area (Å²) in [4.78, 5) is 28.7. The standard InChI is InChI=1S/C31H38BrN3O5S/c1-21(2)18-33-31(37)24(5)34(19-25-8-7-9-26(32)17-25)30(36)20-35(28-16-23(4)12-15-29(28)40-6)41(38,39)27-13-10-22(3)11-14-27/h7-17,21,24H,18-20H2,1-6H3,(H,33,37). The number of anilines is 1. The van der Waals surface area contributed by atoms with Gasteiger partial charge >= 0.3 is 0 Å². The average molecular weight is 645 g/mol. The highest BCUT2D eigenvalue weighted by atomic mass is 79.9. The Bertz CT molecular complexity index is 1480. The van der Waals surface area contributed by atoms with Crippen LogP contribution in [-0.2, 0) is 26.2 Å². The minimum absolute atomic E-state index is 0.0423. The summed E-state index contributed by atoms with van der Waals surface area (Å²) in [6.07, 6.45) is 0. The molecule has 8 nitrogen and oxygen atoms in total. The number of benzene rings is 3. The van der Waals surface area contributed by atoms with Gasteiger partial charge in [0.1, 0.15) is 18.3 Å². The topological polar surface area (TPSA) is 96.0 Å². The molecule has 0 heterocycles. The summed E-state index contributed by atoms with van der Waals surface area (Å²) in [5, 5.41) is 2.89. The zero-order valence-corrected chi connectivity index (χ0v) is 26.8. The SMILES string of the molecule is COc1ccc(C)cc1N(CC(=O)N(Cc1cccc(Br)c1)C(C)C(=O)NCC(C)C)S(=O)(=O)c1ccc(C)cc1. The summed E-state index contributed by atoms with van der Waals surface area (Å²) in [6.45, 7) is 9.35. The van der Waals surface area contributed by atoms with Gasteiger partial charge in [-0.05, 0) is 74.2 Å². The van der Waals surface area contributed by atoms with Crippen LogP contribution in [0.4, 0.5) is 5.69 Å². The van der Waals surface area contributed by atoms with E-state index in [9.17, 15) is 18.0 Å². The van der Waals surface area contributed by atoms with Crippen LogP contribution in [0.1, 0.15) is 37.5 Å². The first kappa shape index (κ1) is 32.1. The molecule has 1 atom stereocenters. The van der Waals surface area contributed by atoms with Gasteiger partial charge in [-0.1, -0.05) is 65.7 Å². The molecule has 0 aliphatic heterocycles. The lowest BCUT2D eigenvalue weighted by Gasteiger charge is -2.32. The van der Waals surface area contributed by atoms with E-state index in [1.54, 1.807) is 31.2 Å². The molecule has 2 amide bonds. The van der Waals surface area contributed by atoms with Gasteiger partial charge in [-0.15, -0.1) is 0 Å². The number of ether oxygens (including phenoxy) is 1. The predicted octanol–water partition coefficient (Wildman–Crippen LogP) is 5.46. The number of nitrogens with zero attached hydrogens (tertiary/aromatic N) is 2. The fraction of sp³-hybridized carbons (Fsp3) is 0.355. The minimum atomic E-state index is -4.20. The lowest BCUT2D eigenvalue weighted by Crippen LogP contribution is -2.51. The van der Waals surface area contributed by atoms with Crippen LogP contribution in [0.2, 0.25) is 0 Å². The molecule has 41 heavy (non-hydrogen) atoms. The molecule has 10 heteroatoms. The Morgan fingerprint density at radius 1 is 0.951 bits per heavy atom. The first-order valence-corrected chi connectivity index (χ1v) is 15.6. The number of hydrogen-bond donors (Lipinski definition) is 1. The van der Waals surface area contributed by atoms with Gasteiger partial charge in [-0.25, -0.2) is 8.42 Å². The fourth-order valence-electron chi connectivity index (χ4n) is 4.21. The molecule has 0 spiro atoms. The van der Waals surface area contributed by atoms with Crippen LogP contribution in [0, 0.1) is 19.8 Å². The highest BCUT2D eigenvalue weighted by molar-refractivity contribution is 9.10. The lowest BCUT2D eigenvalue weighted by atomic mass is 10.1. The Morgan fingerprint density at radius 2 is 1.61 bits per heavy atom. The van der Waals surface area contributed by atoms with Gasteiger partial charge in [-0.2, -0.15) is 0 Å². The lowest BCUT2D eigenvalue weighted by molar-refractivity contribution is -0.139. The largest absolute Gasteiger partial charge is 0.495 e. The number of aryl methyl sites for hydroxylation is 2. The van der Waals surface area contributed by atoms with Crippen molar-refractivity contribution in [3.63, 3.8) is 0 Å². The van der Waals surface area contributed by atoms with Crippen molar-refractivity contribution < 1.29 is 22.7 Å². The molecule has 0 saturated carbocycles. The number of sulfonamides is 1. The van der Waals surface area contributed by atoms with Crippen molar-refractivity contribution >= 4 is 43.5 Å². The summed E-state index contributed by atoms with van der Waals surface area (Å²) in [6, 6.07) is 18.2. The van der Waals surface area contributed by atoms with Crippen molar-refractivity contribution in [2.75, 3.05) is 24.5 Å². The Morgan fingerprint density at radius 3 is 2.22 bits per heavy atom. The maximum absolute atomic E-state index is 14.1. The summed E-state index contributed by atoms with van der Waals surface area (Å²) in [5.74, 6) is -0.316. The van der Waals surface area contributed by atoms with Crippen molar-refractivity contribution in [3.8, 4) is 5.75 Å². The number of methoxy groups -OCH3 is 1. The van der Waals surface area contributed by atoms with Crippen molar-refractivity contribution in [1.82, 2.24) is 10.2 Å². The monoisotopic (exact) mass is 643 g/mol. The second-order valence-electron chi connectivity index (χ2n) is 10.5. The van der Waals surface area contributed by atoms with E-state index in [4.69, 9.17) is 4.74 Å². The van der Waals surface area contributed by atoms with Crippen LogP contribution < -0.4 is 14.4 Å². The molecule has 0 aliphatic carbocycles. The number of carbonyl (C=O) groups is 2. The quantitative estimate of drug-likeness (QED) is 0.283. The molecule has 3 aromatic carbocycles. The molecule has 0 saturated heterocycles. The third kappa shape index (κ3) is 8.33. The molecule has 220 valence electrons. The van der Waals surface area contributed by atoms with Gasteiger partial charge in [0.05, 0.1) is 17.7 Å². The fourth-order valence-corrected chi connectivity index (χ4v) is 6.08. The third-order valence-corrected chi connectivity index (χ3v) is 8.85. The van der Waals surface area contributed by atoms with E-state index in [1.165, 1.54) is 24.1 Å². The molecular weight excluding hydrogens is 606 g/mol. The second-order valence-corrected chi connectivity index (χ2v) is 13.2. The van der Waals surface area contributed by atoms with Crippen LogP contribution in [0.15, 0.2) is 76.1 Å². The first-order valence-electron chi connectivity index (χ1n) is 13.4. The summed E-state index contributed by atoms with van der Waals surface area (Å²) < 4.78 is 35.6. The Balaban J connectivity index is 2.08. The minimum Gasteiger partial charge on any atom is -0.495 e. The zero-order chi connectivity index (χ0) is 30.3. The number of rotatable bonds is 12. The average Bonchev–Trinajstić information content (AvgIpc) is 2.93. The number of amides is 2. The highest BCUT2D eigenvalue weighted by Crippen LogP contribution is 2.34. The van der Waals surface area contributed by atoms with Gasteiger partial charge in [0.25, 0.3) is 10.0 Å². The van der Waals surface area contributed by atoms with Crippen molar-refractivity contribution in [2.24, 2.45) is 5.92 Å². The molecule has 0 bridgehead atoms. The van der Waals surface area contributed by atoms with Crippen LogP contribution in [-0.4, -0.2) is 51.4 Å². The van der Waals surface area contributed by atoms with Crippen LogP contribution in [0.3, 0.4) is 0 Å². The third-order valence-electron chi connectivity index (χ3n) is 6.58. The van der Waals surface area contributed by atoms with Gasteiger partial charge < -0.3 is 15.0 Å². The van der Waals surface area contributed by atoms with Crippen LogP contribution in [0.25, 0.3) is 0 Å². The van der Waals surface area contributed by atoms with Gasteiger partial charge in [0.15, 0.2) is 0 Å². The molecular formula is C31H38BrN3O5S. The number of halogens is 1. The maximum atomic E-state index is 14.1. The van der Waals surface area contributed by atoms with Crippen molar-refractivity contribution in [3.05, 3.63) is 87.9 Å². The molecule has 0 fully saturated rings. The molecule has 0 aromatic heterocycles. The van der Waals surface area contributed by atoms with Crippen molar-refractivity contribution in [2.45, 2.75) is 52.1 Å². The summed E-state index contributed by atoms with van der Waals surface area (Å²) >= 11 is 3.46. The molecule has 3 aromatic rings. The normalized spacial score (nSPS) is 12.1. The van der Waals surface area contributed by atoms with Crippen molar-refractivity contribution in [1.29, 1.82) is 0 Å². The van der Waals surface area contributed by atoms with E-state index in [2.05, 4.69) is 21.2 Å². The molecule has 1 unspecified atom stereocenters. The Kier molecular flexibility index (Phi) is 11.0. The predicted molar refractivity (Wildman–Crippen MR) is 165 cm³/mol. The van der Waals surface area contributed by atoms with E-state index in [0.717, 1.165) is 25.5 Å². The summed E-state index contributed by atoms with van der Waals surface area (Å²) in [5.41, 5.74) is 2.73. The highest BCUT2D eigenvalue weighted by Gasteiger charge is 2.34. The molecule has 0 aliphatic rings. The van der Waals surface area contributed by atoms with E-state index in [-0.39, 0.29) is 29.0 Å². The van der Waals surface area contributed by atoms with E-state index >= 15 is 0 Å².